The molecule has 0 bridgehead atoms. The van der Waals surface area contributed by atoms with Gasteiger partial charge in [0, 0.05) is 5.39 Å². The lowest BCUT2D eigenvalue weighted by Gasteiger charge is -1.93. The zero-order valence-electron chi connectivity index (χ0n) is 10.2. The Morgan fingerprint density at radius 3 is 2.80 bits per heavy atom. The fraction of sp³-hybridized carbons (Fsp3) is 0. The van der Waals surface area contributed by atoms with Crippen LogP contribution in [0.3, 0.4) is 0 Å². The van der Waals surface area contributed by atoms with Gasteiger partial charge in [0.15, 0.2) is 10.4 Å². The fourth-order valence-corrected chi connectivity index (χ4v) is 2.02. The molecule has 2 heterocycles. The van der Waals surface area contributed by atoms with E-state index in [9.17, 15) is 4.79 Å². The molecule has 3 aromatic rings. The van der Waals surface area contributed by atoms with E-state index in [0.29, 0.717) is 16.0 Å². The minimum absolute atomic E-state index is 0.212. The van der Waals surface area contributed by atoms with E-state index in [1.165, 1.54) is 6.21 Å². The van der Waals surface area contributed by atoms with Crippen molar-refractivity contribution >= 4 is 39.0 Å². The van der Waals surface area contributed by atoms with Crippen molar-refractivity contribution in [2.24, 2.45) is 5.10 Å². The quantitative estimate of drug-likeness (QED) is 0.589. The van der Waals surface area contributed by atoms with Crippen LogP contribution in [0.1, 0.15) is 16.3 Å². The Kier molecular flexibility index (Phi) is 3.39. The van der Waals surface area contributed by atoms with Gasteiger partial charge in [0.05, 0.1) is 6.21 Å². The molecule has 20 heavy (non-hydrogen) atoms. The van der Waals surface area contributed by atoms with Gasteiger partial charge < -0.3 is 8.83 Å². The maximum Gasteiger partial charge on any atom is 0.307 e. The lowest BCUT2D eigenvalue weighted by Crippen LogP contribution is -2.16. The Labute approximate surface area is 122 Å². The second kappa shape index (κ2) is 5.34. The van der Waals surface area contributed by atoms with Crippen molar-refractivity contribution in [2.75, 3.05) is 0 Å². The number of benzene rings is 1. The number of rotatable bonds is 3. The summed E-state index contributed by atoms with van der Waals surface area (Å²) in [6.07, 6.45) is 1.41. The van der Waals surface area contributed by atoms with Crippen LogP contribution in [-0.4, -0.2) is 12.1 Å². The highest BCUT2D eigenvalue weighted by Crippen LogP contribution is 2.18. The summed E-state index contributed by atoms with van der Waals surface area (Å²) in [6.45, 7) is 0. The number of amides is 1. The molecule has 0 radical (unpaired) electrons. The van der Waals surface area contributed by atoms with Crippen molar-refractivity contribution in [1.82, 2.24) is 5.43 Å². The molecule has 6 heteroatoms. The lowest BCUT2D eigenvalue weighted by atomic mass is 10.2. The summed E-state index contributed by atoms with van der Waals surface area (Å²) >= 11 is 3.18. The zero-order chi connectivity index (χ0) is 13.9. The molecule has 5 nitrogen and oxygen atoms in total. The van der Waals surface area contributed by atoms with Crippen molar-refractivity contribution in [3.63, 3.8) is 0 Å². The summed E-state index contributed by atoms with van der Waals surface area (Å²) in [5.41, 5.74) is 3.04. The van der Waals surface area contributed by atoms with Gasteiger partial charge in [-0.1, -0.05) is 18.2 Å². The summed E-state index contributed by atoms with van der Waals surface area (Å²) in [5, 5.41) is 4.67. The molecule has 100 valence electrons. The molecule has 0 saturated carbocycles. The second-order valence-electron chi connectivity index (χ2n) is 3.99. The topological polar surface area (TPSA) is 67.7 Å². The molecule has 0 aliphatic carbocycles. The molecule has 2 aromatic heterocycles. The lowest BCUT2D eigenvalue weighted by molar-refractivity contribution is 0.0929. The number of carbonyl (C=O) groups is 1. The molecular weight excluding hydrogens is 324 g/mol. The van der Waals surface area contributed by atoms with Crippen LogP contribution in [0.25, 0.3) is 11.0 Å². The molecular formula is C14H9BrN2O3. The summed E-state index contributed by atoms with van der Waals surface area (Å²) in [6, 6.07) is 12.5. The smallest absolute Gasteiger partial charge is 0.307 e. The van der Waals surface area contributed by atoms with Crippen molar-refractivity contribution in [2.45, 2.75) is 0 Å². The van der Waals surface area contributed by atoms with E-state index in [1.807, 2.05) is 18.2 Å². The first-order valence-corrected chi connectivity index (χ1v) is 6.59. The van der Waals surface area contributed by atoms with Crippen LogP contribution >= 0.6 is 15.9 Å². The van der Waals surface area contributed by atoms with Gasteiger partial charge >= 0.3 is 5.91 Å². The largest absolute Gasteiger partial charge is 0.451 e. The number of carbonyl (C=O) groups excluding carboxylic acids is 1. The number of hydrogen-bond donors (Lipinski definition) is 1. The predicted octanol–water partition coefficient (Wildman–Crippen LogP) is 3.55. The van der Waals surface area contributed by atoms with E-state index >= 15 is 0 Å². The third-order valence-corrected chi connectivity index (χ3v) is 3.03. The second-order valence-corrected chi connectivity index (χ2v) is 4.77. The number of halogens is 1. The average Bonchev–Trinajstić information content (AvgIpc) is 3.04. The van der Waals surface area contributed by atoms with Crippen molar-refractivity contribution in [3.8, 4) is 0 Å². The highest BCUT2D eigenvalue weighted by molar-refractivity contribution is 9.10. The predicted molar refractivity (Wildman–Crippen MR) is 77.7 cm³/mol. The van der Waals surface area contributed by atoms with Crippen LogP contribution in [0.2, 0.25) is 0 Å². The molecule has 0 aliphatic rings. The number of nitrogens with zero attached hydrogens (tertiary/aromatic N) is 1. The van der Waals surface area contributed by atoms with Gasteiger partial charge in [-0.2, -0.15) is 5.10 Å². The first-order chi connectivity index (χ1) is 9.72. The SMILES string of the molecule is O=C(N/N=C\c1ccc(Br)o1)c1cc2ccccc2o1. The van der Waals surface area contributed by atoms with Gasteiger partial charge in [0.1, 0.15) is 11.3 Å². The monoisotopic (exact) mass is 332 g/mol. The zero-order valence-corrected chi connectivity index (χ0v) is 11.8. The molecule has 0 spiro atoms. The first kappa shape index (κ1) is 12.7. The third kappa shape index (κ3) is 2.65. The average molecular weight is 333 g/mol. The van der Waals surface area contributed by atoms with Gasteiger partial charge in [-0.25, -0.2) is 5.43 Å². The van der Waals surface area contributed by atoms with E-state index in [0.717, 1.165) is 5.39 Å². The number of nitrogens with one attached hydrogen (secondary N) is 1. The van der Waals surface area contributed by atoms with Gasteiger partial charge in [0.2, 0.25) is 0 Å². The standard InChI is InChI=1S/C14H9BrN2O3/c15-13-6-5-10(19-13)8-16-17-14(18)12-7-9-3-1-2-4-11(9)20-12/h1-8H,(H,17,18)/b16-8-. The number of hydrogen-bond acceptors (Lipinski definition) is 4. The third-order valence-electron chi connectivity index (χ3n) is 2.60. The fourth-order valence-electron chi connectivity index (χ4n) is 1.70. The highest BCUT2D eigenvalue weighted by atomic mass is 79.9. The minimum atomic E-state index is -0.414. The van der Waals surface area contributed by atoms with Crippen molar-refractivity contribution in [1.29, 1.82) is 0 Å². The van der Waals surface area contributed by atoms with Gasteiger partial charge in [-0.3, -0.25) is 4.79 Å². The van der Waals surface area contributed by atoms with Crippen molar-refractivity contribution in [3.05, 3.63) is 58.7 Å². The highest BCUT2D eigenvalue weighted by Gasteiger charge is 2.10. The molecule has 0 fully saturated rings. The number of furan rings is 2. The van der Waals surface area contributed by atoms with Gasteiger partial charge in [-0.05, 0) is 40.2 Å². The Hall–Kier alpha value is -2.34. The number of hydrazone groups is 1. The van der Waals surface area contributed by atoms with Crippen LogP contribution in [-0.2, 0) is 0 Å². The number of para-hydroxylation sites is 1. The molecule has 0 unspecified atom stereocenters. The van der Waals surface area contributed by atoms with Crippen LogP contribution in [0.4, 0.5) is 0 Å². The molecule has 3 rings (SSSR count). The minimum Gasteiger partial charge on any atom is -0.451 e. The van der Waals surface area contributed by atoms with Crippen LogP contribution in [0.5, 0.6) is 0 Å². The summed E-state index contributed by atoms with van der Waals surface area (Å²) in [7, 11) is 0. The van der Waals surface area contributed by atoms with E-state index in [2.05, 4.69) is 26.5 Å². The first-order valence-electron chi connectivity index (χ1n) is 5.80. The summed E-state index contributed by atoms with van der Waals surface area (Å²) in [5.74, 6) is 0.328. The van der Waals surface area contributed by atoms with Gasteiger partial charge in [-0.15, -0.1) is 0 Å². The Morgan fingerprint density at radius 2 is 2.05 bits per heavy atom. The van der Waals surface area contributed by atoms with Crippen LogP contribution in [0, 0.1) is 0 Å². The molecule has 1 N–H and O–H groups in total. The Morgan fingerprint density at radius 1 is 1.20 bits per heavy atom. The Balaban J connectivity index is 1.71. The summed E-state index contributed by atoms with van der Waals surface area (Å²) in [4.78, 5) is 11.9. The van der Waals surface area contributed by atoms with Crippen molar-refractivity contribution < 1.29 is 13.6 Å². The van der Waals surface area contributed by atoms with E-state index in [1.54, 1.807) is 24.3 Å². The van der Waals surface area contributed by atoms with Gasteiger partial charge in [0.25, 0.3) is 0 Å². The molecule has 1 aromatic carbocycles. The van der Waals surface area contributed by atoms with E-state index in [4.69, 9.17) is 8.83 Å². The van der Waals surface area contributed by atoms with E-state index < -0.39 is 5.91 Å². The maximum absolute atomic E-state index is 11.9. The summed E-state index contributed by atoms with van der Waals surface area (Å²) < 4.78 is 11.2. The molecule has 0 saturated heterocycles. The van der Waals surface area contributed by atoms with Crippen LogP contribution < -0.4 is 5.43 Å². The molecule has 0 aliphatic heterocycles. The van der Waals surface area contributed by atoms with Crippen LogP contribution in [0.15, 0.2) is 61.1 Å². The number of fused-ring (bicyclic) bond motifs is 1. The van der Waals surface area contributed by atoms with E-state index in [-0.39, 0.29) is 5.76 Å². The molecule has 1 amide bonds. The maximum atomic E-state index is 11.9. The Bertz CT molecular complexity index is 755. The normalized spacial score (nSPS) is 11.2. The molecule has 0 atom stereocenters.